The van der Waals surface area contributed by atoms with Gasteiger partial charge < -0.3 is 31.5 Å². The Morgan fingerprint density at radius 2 is 1.95 bits per heavy atom. The number of carboxylic acids is 1. The molecule has 1 fully saturated rings. The summed E-state index contributed by atoms with van der Waals surface area (Å²) in [5.74, 6) is -2.10. The highest BCUT2D eigenvalue weighted by molar-refractivity contribution is 6.30. The fraction of sp³-hybridized carbons (Fsp3) is 0.400. The highest BCUT2D eigenvalue weighted by Gasteiger charge is 2.52. The molecule has 11 nitrogen and oxygen atoms in total. The molecule has 2 atom stereocenters. The van der Waals surface area contributed by atoms with Crippen LogP contribution in [0.2, 0.25) is 5.02 Å². The fourth-order valence-corrected chi connectivity index (χ4v) is 4.43. The molecular weight excluding hydrogens is 538 g/mol. The number of halogens is 3. The van der Waals surface area contributed by atoms with Crippen LogP contribution in [0, 0.1) is 0 Å². The van der Waals surface area contributed by atoms with E-state index in [0.717, 1.165) is 0 Å². The maximum Gasteiger partial charge on any atom is 0.305 e. The van der Waals surface area contributed by atoms with Gasteiger partial charge in [-0.05, 0) is 42.2 Å². The summed E-state index contributed by atoms with van der Waals surface area (Å²) in [4.78, 5) is 44.9. The minimum absolute atomic E-state index is 0.146. The van der Waals surface area contributed by atoms with E-state index in [-0.39, 0.29) is 35.5 Å². The van der Waals surface area contributed by atoms with Gasteiger partial charge in [0.15, 0.2) is 5.96 Å². The third-order valence-electron chi connectivity index (χ3n) is 6.46. The zero-order chi connectivity index (χ0) is 28.2. The van der Waals surface area contributed by atoms with Gasteiger partial charge in [-0.25, -0.2) is 8.78 Å². The van der Waals surface area contributed by atoms with Gasteiger partial charge in [-0.3, -0.25) is 24.4 Å². The van der Waals surface area contributed by atoms with Crippen molar-refractivity contribution in [2.45, 2.75) is 43.2 Å². The van der Waals surface area contributed by atoms with E-state index < -0.39 is 54.7 Å². The number of pyridine rings is 1. The van der Waals surface area contributed by atoms with Crippen molar-refractivity contribution in [3.63, 3.8) is 0 Å². The summed E-state index contributed by atoms with van der Waals surface area (Å²) >= 11 is 6.16. The van der Waals surface area contributed by atoms with E-state index in [1.165, 1.54) is 36.7 Å². The standard InChI is InChI=1S/C25H27ClF2N6O5/c26-16-4-13(3-15(6-16)25(1-2-25)23(27)28)19(7-21(37)38)34-20(36)12-30-22(39)14-5-17(9-29-8-14)33-24-31-10-18(35)11-32-24/h3-6,8-9,18-19,23,35H,1-2,7,10-12H2,(H,30,39)(H,34,36)(H,37,38)(H2,31,32,33)/t19-/m0/s1. The molecule has 2 aliphatic rings. The van der Waals surface area contributed by atoms with Gasteiger partial charge in [0, 0.05) is 17.8 Å². The Kier molecular flexibility index (Phi) is 8.60. The van der Waals surface area contributed by atoms with E-state index in [1.807, 2.05) is 0 Å². The number of aliphatic imine (C=N–C) groups is 1. The lowest BCUT2D eigenvalue weighted by Gasteiger charge is -2.21. The van der Waals surface area contributed by atoms with Gasteiger partial charge in [0.05, 0.1) is 54.5 Å². The number of carboxylic acid groups (broad SMARTS) is 1. The average Bonchev–Trinajstić information content (AvgIpc) is 3.70. The minimum atomic E-state index is -2.60. The number of guanidine groups is 1. The Labute approximate surface area is 227 Å². The summed E-state index contributed by atoms with van der Waals surface area (Å²) in [5, 5.41) is 29.9. The van der Waals surface area contributed by atoms with Crippen molar-refractivity contribution < 1.29 is 33.4 Å². The van der Waals surface area contributed by atoms with Gasteiger partial charge in [0.1, 0.15) is 0 Å². The lowest BCUT2D eigenvalue weighted by atomic mass is 9.92. The molecule has 4 rings (SSSR count). The third kappa shape index (κ3) is 7.18. The number of carbonyl (C=O) groups excluding carboxylic acids is 2. The highest BCUT2D eigenvalue weighted by Crippen LogP contribution is 2.53. The molecular formula is C25H27ClF2N6O5. The summed E-state index contributed by atoms with van der Waals surface area (Å²) in [7, 11) is 0. The van der Waals surface area contributed by atoms with Crippen LogP contribution in [0.5, 0.6) is 0 Å². The number of aromatic nitrogens is 1. The fourth-order valence-electron chi connectivity index (χ4n) is 4.19. The number of aliphatic hydroxyl groups excluding tert-OH is 1. The molecule has 0 bridgehead atoms. The van der Waals surface area contributed by atoms with Crippen LogP contribution in [0.4, 0.5) is 14.5 Å². The number of nitrogens with zero attached hydrogens (tertiary/aromatic N) is 2. The Bertz CT molecular complexity index is 1290. The highest BCUT2D eigenvalue weighted by atomic mass is 35.5. The number of hydrogen-bond acceptors (Lipinski definition) is 8. The smallest absolute Gasteiger partial charge is 0.305 e. The summed E-state index contributed by atoms with van der Waals surface area (Å²) < 4.78 is 27.3. The zero-order valence-corrected chi connectivity index (χ0v) is 21.3. The van der Waals surface area contributed by atoms with Crippen LogP contribution in [-0.4, -0.2) is 71.1 Å². The first-order valence-corrected chi connectivity index (χ1v) is 12.5. The lowest BCUT2D eigenvalue weighted by molar-refractivity contribution is -0.137. The number of rotatable bonds is 10. The molecule has 0 spiro atoms. The van der Waals surface area contributed by atoms with Crippen molar-refractivity contribution >= 4 is 41.0 Å². The monoisotopic (exact) mass is 564 g/mol. The second-order valence-electron chi connectivity index (χ2n) is 9.44. The predicted molar refractivity (Wildman–Crippen MR) is 138 cm³/mol. The number of amides is 2. The maximum atomic E-state index is 13.6. The van der Waals surface area contributed by atoms with E-state index in [9.17, 15) is 33.4 Å². The quantitative estimate of drug-likeness (QED) is 0.254. The number of benzene rings is 1. The van der Waals surface area contributed by atoms with E-state index in [2.05, 4.69) is 31.2 Å². The van der Waals surface area contributed by atoms with Gasteiger partial charge in [-0.1, -0.05) is 17.7 Å². The molecule has 1 unspecified atom stereocenters. The molecule has 1 aliphatic carbocycles. The predicted octanol–water partition coefficient (Wildman–Crippen LogP) is 1.83. The molecule has 1 aliphatic heterocycles. The van der Waals surface area contributed by atoms with Gasteiger partial charge in [-0.2, -0.15) is 0 Å². The van der Waals surface area contributed by atoms with Crippen molar-refractivity contribution in [3.8, 4) is 0 Å². The molecule has 2 aromatic rings. The molecule has 208 valence electrons. The molecule has 6 N–H and O–H groups in total. The molecule has 0 saturated heterocycles. The zero-order valence-electron chi connectivity index (χ0n) is 20.6. The van der Waals surface area contributed by atoms with E-state index in [0.29, 0.717) is 23.8 Å². The molecule has 2 amide bonds. The topological polar surface area (TPSA) is 165 Å². The van der Waals surface area contributed by atoms with Crippen LogP contribution < -0.4 is 21.3 Å². The van der Waals surface area contributed by atoms with E-state index >= 15 is 0 Å². The first-order valence-electron chi connectivity index (χ1n) is 12.1. The van der Waals surface area contributed by atoms with Gasteiger partial charge in [-0.15, -0.1) is 0 Å². The second kappa shape index (κ2) is 11.9. The van der Waals surface area contributed by atoms with Crippen molar-refractivity contribution in [2.75, 3.05) is 25.0 Å². The largest absolute Gasteiger partial charge is 0.481 e. The molecule has 1 aromatic carbocycles. The number of aliphatic carboxylic acids is 1. The van der Waals surface area contributed by atoms with Crippen molar-refractivity contribution in [2.24, 2.45) is 4.99 Å². The molecule has 0 radical (unpaired) electrons. The Morgan fingerprint density at radius 3 is 2.59 bits per heavy atom. The van der Waals surface area contributed by atoms with Crippen molar-refractivity contribution in [1.29, 1.82) is 0 Å². The molecule has 39 heavy (non-hydrogen) atoms. The number of nitrogens with one attached hydrogen (secondary N) is 4. The van der Waals surface area contributed by atoms with Crippen molar-refractivity contribution in [3.05, 3.63) is 58.4 Å². The summed E-state index contributed by atoms with van der Waals surface area (Å²) in [6.07, 6.45) is -0.370. The lowest BCUT2D eigenvalue weighted by Crippen LogP contribution is -2.42. The number of alkyl halides is 2. The van der Waals surface area contributed by atoms with Gasteiger partial charge in [0.2, 0.25) is 12.3 Å². The second-order valence-corrected chi connectivity index (χ2v) is 9.88. The van der Waals surface area contributed by atoms with E-state index in [1.54, 1.807) is 0 Å². The van der Waals surface area contributed by atoms with Crippen molar-refractivity contribution in [1.82, 2.24) is 20.9 Å². The maximum absolute atomic E-state index is 13.6. The van der Waals surface area contributed by atoms with Gasteiger partial charge >= 0.3 is 5.97 Å². The number of aliphatic hydroxyl groups is 1. The normalized spacial score (nSPS) is 18.4. The third-order valence-corrected chi connectivity index (χ3v) is 6.67. The van der Waals surface area contributed by atoms with Crippen LogP contribution in [0.25, 0.3) is 0 Å². The molecule has 1 saturated carbocycles. The van der Waals surface area contributed by atoms with Crippen LogP contribution >= 0.6 is 11.6 Å². The van der Waals surface area contributed by atoms with E-state index in [4.69, 9.17) is 11.6 Å². The summed E-state index contributed by atoms with van der Waals surface area (Å²) in [6.45, 7) is 0.0681. The van der Waals surface area contributed by atoms with Crippen LogP contribution in [-0.2, 0) is 15.0 Å². The summed E-state index contributed by atoms with van der Waals surface area (Å²) in [6, 6.07) is 4.74. The number of β-amino-alcohol motifs (C(OH)–C–C–N with tert-alkyl or cyclic N) is 1. The van der Waals surface area contributed by atoms with Crippen LogP contribution in [0.1, 0.15) is 46.8 Å². The molecule has 1 aromatic heterocycles. The summed E-state index contributed by atoms with van der Waals surface area (Å²) in [5.41, 5.74) is -0.146. The first kappa shape index (κ1) is 28.2. The number of anilines is 1. The van der Waals surface area contributed by atoms with Gasteiger partial charge in [0.25, 0.3) is 5.91 Å². The SMILES string of the molecule is O=C(O)C[C@H](NC(=O)CNC(=O)c1cncc(NC2=NCC(O)CN2)c1)c1cc(Cl)cc(C2(C(F)F)CC2)c1. The number of hydrogen-bond donors (Lipinski definition) is 6. The Morgan fingerprint density at radius 1 is 1.18 bits per heavy atom. The first-order chi connectivity index (χ1) is 18.6. The number of carbonyl (C=O) groups is 3. The molecule has 14 heteroatoms. The average molecular weight is 565 g/mol. The van der Waals surface area contributed by atoms with Crippen LogP contribution in [0.3, 0.4) is 0 Å². The molecule has 2 heterocycles. The van der Waals surface area contributed by atoms with Crippen LogP contribution in [0.15, 0.2) is 41.7 Å². The minimum Gasteiger partial charge on any atom is -0.481 e. The Balaban J connectivity index is 1.39. The Hall–Kier alpha value is -3.84.